The van der Waals surface area contributed by atoms with Gasteiger partial charge < -0.3 is 4.74 Å². The first-order valence-corrected chi connectivity index (χ1v) is 10.0. The summed E-state index contributed by atoms with van der Waals surface area (Å²) in [6, 6.07) is 1.49. The van der Waals surface area contributed by atoms with Gasteiger partial charge in [-0.25, -0.2) is 13.2 Å². The van der Waals surface area contributed by atoms with Crippen molar-refractivity contribution in [1.82, 2.24) is 4.98 Å². The van der Waals surface area contributed by atoms with E-state index in [1.165, 1.54) is 51.3 Å². The molecule has 0 unspecified atom stereocenters. The Kier molecular flexibility index (Phi) is 8.84. The van der Waals surface area contributed by atoms with E-state index < -0.39 is 15.8 Å². The number of nitrogens with zero attached hydrogens (tertiary/aromatic N) is 1. The summed E-state index contributed by atoms with van der Waals surface area (Å²) in [5, 5.41) is 0. The topological polar surface area (TPSA) is 73.3 Å². The molecule has 5 nitrogen and oxygen atoms in total. The standard InChI is InChI=1S/C17H27NO4S/c1-3-4-5-6-7-8-9-12-23(20,21)14-15-13-18-11-10-16(15)17(19)22-2/h10-11,13H,3-9,12,14H2,1-2H3. The second-order valence-electron chi connectivity index (χ2n) is 5.74. The Hall–Kier alpha value is -1.43. The van der Waals surface area contributed by atoms with Crippen LogP contribution in [0.25, 0.3) is 0 Å². The predicted molar refractivity (Wildman–Crippen MR) is 91.1 cm³/mol. The first-order valence-electron chi connectivity index (χ1n) is 8.21. The normalized spacial score (nSPS) is 11.4. The van der Waals surface area contributed by atoms with Crippen LogP contribution in [0.3, 0.4) is 0 Å². The molecule has 1 aromatic heterocycles. The Morgan fingerprint density at radius 1 is 1.13 bits per heavy atom. The maximum Gasteiger partial charge on any atom is 0.338 e. The van der Waals surface area contributed by atoms with Crippen molar-refractivity contribution in [3.8, 4) is 0 Å². The Morgan fingerprint density at radius 2 is 1.78 bits per heavy atom. The number of esters is 1. The van der Waals surface area contributed by atoms with Gasteiger partial charge in [0.2, 0.25) is 0 Å². The first-order chi connectivity index (χ1) is 11.0. The zero-order valence-corrected chi connectivity index (χ0v) is 14.9. The Labute approximate surface area is 139 Å². The fourth-order valence-electron chi connectivity index (χ4n) is 2.44. The number of ether oxygens (including phenoxy) is 1. The largest absolute Gasteiger partial charge is 0.465 e. The number of rotatable bonds is 11. The van der Waals surface area contributed by atoms with Gasteiger partial charge in [0, 0.05) is 12.4 Å². The van der Waals surface area contributed by atoms with Gasteiger partial charge >= 0.3 is 5.97 Å². The molecule has 0 spiro atoms. The van der Waals surface area contributed by atoms with Crippen LogP contribution < -0.4 is 0 Å². The van der Waals surface area contributed by atoms with Crippen molar-refractivity contribution in [3.63, 3.8) is 0 Å². The zero-order valence-electron chi connectivity index (χ0n) is 14.1. The molecule has 23 heavy (non-hydrogen) atoms. The molecular formula is C17H27NO4S. The minimum atomic E-state index is -3.24. The SMILES string of the molecule is CCCCCCCCCS(=O)(=O)Cc1cnccc1C(=O)OC. The van der Waals surface area contributed by atoms with Crippen molar-refractivity contribution in [2.45, 2.75) is 57.6 Å². The number of carbonyl (C=O) groups is 1. The summed E-state index contributed by atoms with van der Waals surface area (Å²) >= 11 is 0. The summed E-state index contributed by atoms with van der Waals surface area (Å²) < 4.78 is 29.1. The summed E-state index contributed by atoms with van der Waals surface area (Å²) in [6.45, 7) is 2.17. The molecule has 0 radical (unpaired) electrons. The van der Waals surface area contributed by atoms with Crippen molar-refractivity contribution in [2.75, 3.05) is 12.9 Å². The first kappa shape index (κ1) is 19.6. The second-order valence-corrected chi connectivity index (χ2v) is 7.92. The molecule has 0 aliphatic heterocycles. The number of sulfone groups is 1. The smallest absolute Gasteiger partial charge is 0.338 e. The molecule has 0 N–H and O–H groups in total. The molecule has 130 valence electrons. The van der Waals surface area contributed by atoms with Gasteiger partial charge in [0.15, 0.2) is 9.84 Å². The summed E-state index contributed by atoms with van der Waals surface area (Å²) in [7, 11) is -1.97. The van der Waals surface area contributed by atoms with E-state index in [-0.39, 0.29) is 17.1 Å². The monoisotopic (exact) mass is 341 g/mol. The number of aromatic nitrogens is 1. The molecule has 1 aromatic rings. The molecule has 0 aliphatic carbocycles. The van der Waals surface area contributed by atoms with Gasteiger partial charge in [0.05, 0.1) is 24.2 Å². The van der Waals surface area contributed by atoms with E-state index in [1.54, 1.807) is 0 Å². The summed E-state index contributed by atoms with van der Waals surface area (Å²) in [6.07, 6.45) is 10.4. The summed E-state index contributed by atoms with van der Waals surface area (Å²) in [4.78, 5) is 15.6. The third-order valence-corrected chi connectivity index (χ3v) is 5.40. The van der Waals surface area contributed by atoms with Crippen molar-refractivity contribution >= 4 is 15.8 Å². The van der Waals surface area contributed by atoms with E-state index in [4.69, 9.17) is 0 Å². The fourth-order valence-corrected chi connectivity index (χ4v) is 3.93. The van der Waals surface area contributed by atoms with Crippen LogP contribution >= 0.6 is 0 Å². The molecule has 1 rings (SSSR count). The van der Waals surface area contributed by atoms with Gasteiger partial charge in [0.25, 0.3) is 0 Å². The maximum absolute atomic E-state index is 12.2. The van der Waals surface area contributed by atoms with Gasteiger partial charge in [-0.05, 0) is 18.1 Å². The lowest BCUT2D eigenvalue weighted by Gasteiger charge is -2.08. The highest BCUT2D eigenvalue weighted by molar-refractivity contribution is 7.90. The molecule has 0 aromatic carbocycles. The van der Waals surface area contributed by atoms with Crippen molar-refractivity contribution < 1.29 is 17.9 Å². The highest BCUT2D eigenvalue weighted by atomic mass is 32.2. The van der Waals surface area contributed by atoms with Gasteiger partial charge in [0.1, 0.15) is 0 Å². The molecule has 0 amide bonds. The van der Waals surface area contributed by atoms with Crippen LogP contribution in [-0.4, -0.2) is 32.2 Å². The lowest BCUT2D eigenvalue weighted by molar-refractivity contribution is 0.0599. The number of hydrogen-bond acceptors (Lipinski definition) is 5. The third kappa shape index (κ3) is 7.59. The lowest BCUT2D eigenvalue weighted by Crippen LogP contribution is -2.13. The molecule has 6 heteroatoms. The van der Waals surface area contributed by atoms with Crippen LogP contribution in [-0.2, 0) is 20.3 Å². The predicted octanol–water partition coefficient (Wildman–Crippen LogP) is 3.53. The van der Waals surface area contributed by atoms with Gasteiger partial charge in [-0.2, -0.15) is 0 Å². The highest BCUT2D eigenvalue weighted by Gasteiger charge is 2.18. The van der Waals surface area contributed by atoms with Gasteiger partial charge in [-0.15, -0.1) is 0 Å². The number of carbonyl (C=O) groups excluding carboxylic acids is 1. The van der Waals surface area contributed by atoms with Gasteiger partial charge in [-0.3, -0.25) is 4.98 Å². The molecule has 0 fully saturated rings. The van der Waals surface area contributed by atoms with Crippen LogP contribution in [0.15, 0.2) is 18.5 Å². The van der Waals surface area contributed by atoms with Crippen LogP contribution in [0, 0.1) is 0 Å². The third-order valence-electron chi connectivity index (χ3n) is 3.74. The van der Waals surface area contributed by atoms with E-state index in [0.717, 1.165) is 12.8 Å². The minimum Gasteiger partial charge on any atom is -0.465 e. The fraction of sp³-hybridized carbons (Fsp3) is 0.647. The molecule has 1 heterocycles. The average molecular weight is 341 g/mol. The number of pyridine rings is 1. The number of methoxy groups -OCH3 is 1. The molecule has 0 bridgehead atoms. The Morgan fingerprint density at radius 3 is 2.43 bits per heavy atom. The summed E-state index contributed by atoms with van der Waals surface area (Å²) in [5.74, 6) is -0.550. The van der Waals surface area contributed by atoms with E-state index in [0.29, 0.717) is 12.0 Å². The highest BCUT2D eigenvalue weighted by Crippen LogP contribution is 2.15. The van der Waals surface area contributed by atoms with Crippen LogP contribution in [0.4, 0.5) is 0 Å². The zero-order chi connectivity index (χ0) is 17.1. The van der Waals surface area contributed by atoms with Gasteiger partial charge in [-0.1, -0.05) is 45.4 Å². The Bertz CT molecular complexity index is 584. The van der Waals surface area contributed by atoms with E-state index >= 15 is 0 Å². The van der Waals surface area contributed by atoms with Crippen LogP contribution in [0.2, 0.25) is 0 Å². The quantitative estimate of drug-likeness (QED) is 0.455. The van der Waals surface area contributed by atoms with E-state index in [2.05, 4.69) is 16.6 Å². The second kappa shape index (κ2) is 10.4. The molecule has 0 atom stereocenters. The average Bonchev–Trinajstić information content (AvgIpc) is 2.53. The minimum absolute atomic E-state index is 0.149. The molecule has 0 saturated heterocycles. The number of hydrogen-bond donors (Lipinski definition) is 0. The van der Waals surface area contributed by atoms with E-state index in [1.807, 2.05) is 0 Å². The summed E-state index contributed by atoms with van der Waals surface area (Å²) in [5.41, 5.74) is 0.674. The van der Waals surface area contributed by atoms with Crippen molar-refractivity contribution in [1.29, 1.82) is 0 Å². The molecular weight excluding hydrogens is 314 g/mol. The maximum atomic E-state index is 12.2. The molecule has 0 saturated carbocycles. The van der Waals surface area contributed by atoms with Crippen molar-refractivity contribution in [2.24, 2.45) is 0 Å². The van der Waals surface area contributed by atoms with Crippen molar-refractivity contribution in [3.05, 3.63) is 29.6 Å². The van der Waals surface area contributed by atoms with Crippen LogP contribution in [0.5, 0.6) is 0 Å². The van der Waals surface area contributed by atoms with Crippen LogP contribution in [0.1, 0.15) is 67.8 Å². The lowest BCUT2D eigenvalue weighted by atomic mass is 10.1. The molecule has 0 aliphatic rings. The van der Waals surface area contributed by atoms with E-state index in [9.17, 15) is 13.2 Å². The Balaban J connectivity index is 2.48. The number of unbranched alkanes of at least 4 members (excludes halogenated alkanes) is 6.